The SMILES string of the molecule is C=CC1CCC12CC[NH+](Cc1ccc3ccccc3c1)C(C(O)c1ccnc3ccc(OC)cc13)C2. The van der Waals surface area contributed by atoms with Gasteiger partial charge < -0.3 is 14.7 Å². The third-order valence-electron chi connectivity index (χ3n) is 9.05. The molecule has 0 bridgehead atoms. The maximum Gasteiger partial charge on any atom is 0.131 e. The van der Waals surface area contributed by atoms with Gasteiger partial charge in [-0.25, -0.2) is 0 Å². The molecule has 1 aliphatic heterocycles. The molecule has 3 aromatic carbocycles. The van der Waals surface area contributed by atoms with Crippen LogP contribution in [0.5, 0.6) is 5.75 Å². The van der Waals surface area contributed by atoms with Crippen LogP contribution < -0.4 is 9.64 Å². The molecule has 2 N–H and O–H groups in total. The number of nitrogens with zero attached hydrogens (tertiary/aromatic N) is 1. The minimum atomic E-state index is -0.582. The second-order valence-electron chi connectivity index (χ2n) is 10.8. The van der Waals surface area contributed by atoms with Crippen LogP contribution in [0.2, 0.25) is 0 Å². The molecular weight excluding hydrogens is 444 g/mol. The molecule has 36 heavy (non-hydrogen) atoms. The summed E-state index contributed by atoms with van der Waals surface area (Å²) < 4.78 is 5.50. The van der Waals surface area contributed by atoms with E-state index in [2.05, 4.69) is 60.1 Å². The van der Waals surface area contributed by atoms with E-state index in [0.29, 0.717) is 5.92 Å². The summed E-state index contributed by atoms with van der Waals surface area (Å²) in [4.78, 5) is 6.02. The lowest BCUT2D eigenvalue weighted by molar-refractivity contribution is -0.951. The molecule has 2 fully saturated rings. The van der Waals surface area contributed by atoms with Crippen molar-refractivity contribution in [3.63, 3.8) is 0 Å². The average molecular weight is 480 g/mol. The van der Waals surface area contributed by atoms with Gasteiger partial charge in [-0.05, 0) is 70.8 Å². The molecule has 2 heterocycles. The molecule has 1 saturated heterocycles. The first kappa shape index (κ1) is 23.2. The van der Waals surface area contributed by atoms with E-state index in [1.165, 1.54) is 40.5 Å². The second-order valence-corrected chi connectivity index (χ2v) is 10.8. The van der Waals surface area contributed by atoms with Crippen LogP contribution in [0.4, 0.5) is 0 Å². The van der Waals surface area contributed by atoms with Gasteiger partial charge in [0.25, 0.3) is 0 Å². The summed E-state index contributed by atoms with van der Waals surface area (Å²) in [6, 6.07) is 23.4. The van der Waals surface area contributed by atoms with Crippen molar-refractivity contribution in [2.24, 2.45) is 11.3 Å². The van der Waals surface area contributed by atoms with Crippen LogP contribution in [0.1, 0.15) is 42.9 Å². The fraction of sp³-hybridized carbons (Fsp3) is 0.344. The van der Waals surface area contributed by atoms with Crippen molar-refractivity contribution in [3.8, 4) is 5.75 Å². The number of aromatic nitrogens is 1. The van der Waals surface area contributed by atoms with Crippen molar-refractivity contribution in [1.82, 2.24) is 4.98 Å². The number of ether oxygens (including phenoxy) is 1. The number of piperidine rings is 1. The van der Waals surface area contributed by atoms with Crippen molar-refractivity contribution in [3.05, 3.63) is 96.7 Å². The third kappa shape index (κ3) is 3.99. The van der Waals surface area contributed by atoms with E-state index in [9.17, 15) is 5.11 Å². The number of likely N-dealkylation sites (tertiary alicyclic amines) is 1. The number of methoxy groups -OCH3 is 1. The number of quaternary nitrogens is 1. The highest BCUT2D eigenvalue weighted by Crippen LogP contribution is 2.54. The molecule has 4 heteroatoms. The fourth-order valence-electron chi connectivity index (χ4n) is 6.84. The van der Waals surface area contributed by atoms with E-state index in [-0.39, 0.29) is 11.5 Å². The smallest absolute Gasteiger partial charge is 0.131 e. The first-order valence-electron chi connectivity index (χ1n) is 13.2. The maximum atomic E-state index is 12.0. The lowest BCUT2D eigenvalue weighted by atomic mass is 9.54. The third-order valence-corrected chi connectivity index (χ3v) is 9.05. The zero-order valence-corrected chi connectivity index (χ0v) is 21.0. The van der Waals surface area contributed by atoms with Crippen LogP contribution in [-0.4, -0.2) is 29.8 Å². The van der Waals surface area contributed by atoms with Gasteiger partial charge in [0.05, 0.1) is 19.2 Å². The number of hydrogen-bond acceptors (Lipinski definition) is 3. The number of allylic oxidation sites excluding steroid dienone is 1. The van der Waals surface area contributed by atoms with E-state index in [0.717, 1.165) is 41.7 Å². The lowest BCUT2D eigenvalue weighted by Crippen LogP contribution is -3.16. The van der Waals surface area contributed by atoms with Crippen LogP contribution in [0.25, 0.3) is 21.7 Å². The van der Waals surface area contributed by atoms with Crippen molar-refractivity contribution < 1.29 is 14.7 Å². The van der Waals surface area contributed by atoms with Crippen molar-refractivity contribution in [1.29, 1.82) is 0 Å². The van der Waals surface area contributed by atoms with E-state index >= 15 is 0 Å². The predicted octanol–water partition coefficient (Wildman–Crippen LogP) is 5.26. The van der Waals surface area contributed by atoms with Gasteiger partial charge in [0, 0.05) is 30.0 Å². The first-order chi connectivity index (χ1) is 17.6. The molecule has 5 unspecified atom stereocenters. The molecule has 2 aliphatic rings. The standard InChI is InChI=1S/C32H34N2O2/c1-3-25-12-14-32(25)15-17-34(21-22-8-9-23-6-4-5-7-24(23)18-22)30(20-32)31(35)27-13-16-33-29-11-10-26(36-2)19-28(27)29/h3-11,13,16,18-19,25,30-31,35H,1,12,14-15,17,20-21H2,2H3/p+1. The van der Waals surface area contributed by atoms with Crippen molar-refractivity contribution >= 4 is 21.7 Å². The van der Waals surface area contributed by atoms with Crippen LogP contribution >= 0.6 is 0 Å². The summed E-state index contributed by atoms with van der Waals surface area (Å²) in [6.45, 7) is 6.12. The van der Waals surface area contributed by atoms with Crippen LogP contribution in [0, 0.1) is 11.3 Å². The Labute approximate surface area is 213 Å². The summed E-state index contributed by atoms with van der Waals surface area (Å²) >= 11 is 0. The Hall–Kier alpha value is -3.21. The van der Waals surface area contributed by atoms with Gasteiger partial charge in [-0.3, -0.25) is 4.98 Å². The number of rotatable bonds is 6. The fourth-order valence-corrected chi connectivity index (χ4v) is 6.84. The Morgan fingerprint density at radius 2 is 1.97 bits per heavy atom. The maximum absolute atomic E-state index is 12.0. The molecule has 1 saturated carbocycles. The molecule has 4 aromatic rings. The van der Waals surface area contributed by atoms with Gasteiger partial charge in [0.15, 0.2) is 0 Å². The quantitative estimate of drug-likeness (QED) is 0.371. The monoisotopic (exact) mass is 479 g/mol. The lowest BCUT2D eigenvalue weighted by Gasteiger charge is -2.55. The van der Waals surface area contributed by atoms with Crippen LogP contribution in [0.15, 0.2) is 85.6 Å². The minimum Gasteiger partial charge on any atom is -0.497 e. The summed E-state index contributed by atoms with van der Waals surface area (Å²) in [5.74, 6) is 1.35. The molecule has 1 aromatic heterocycles. The summed E-state index contributed by atoms with van der Waals surface area (Å²) in [7, 11) is 1.68. The van der Waals surface area contributed by atoms with Crippen molar-refractivity contribution in [2.75, 3.05) is 13.7 Å². The van der Waals surface area contributed by atoms with Gasteiger partial charge in [-0.2, -0.15) is 0 Å². The molecule has 184 valence electrons. The first-order valence-corrected chi connectivity index (χ1v) is 13.2. The molecule has 4 nitrogen and oxygen atoms in total. The Kier molecular flexibility index (Phi) is 6.02. The van der Waals surface area contributed by atoms with E-state index in [1.54, 1.807) is 7.11 Å². The second kappa shape index (κ2) is 9.34. The van der Waals surface area contributed by atoms with Crippen LogP contribution in [0.3, 0.4) is 0 Å². The van der Waals surface area contributed by atoms with Gasteiger partial charge in [0.1, 0.15) is 24.4 Å². The zero-order chi connectivity index (χ0) is 24.7. The molecule has 5 atom stereocenters. The summed E-state index contributed by atoms with van der Waals surface area (Å²) in [5, 5.41) is 15.5. The predicted molar refractivity (Wildman–Crippen MR) is 145 cm³/mol. The highest BCUT2D eigenvalue weighted by atomic mass is 16.5. The molecule has 0 amide bonds. The van der Waals surface area contributed by atoms with Gasteiger partial charge in [-0.15, -0.1) is 6.58 Å². The largest absolute Gasteiger partial charge is 0.497 e. The normalized spacial score (nSPS) is 26.6. The Morgan fingerprint density at radius 3 is 2.75 bits per heavy atom. The van der Waals surface area contributed by atoms with Gasteiger partial charge in [0.2, 0.25) is 0 Å². The number of aliphatic hydroxyl groups excluding tert-OH is 1. The highest BCUT2D eigenvalue weighted by molar-refractivity contribution is 5.84. The molecule has 0 radical (unpaired) electrons. The van der Waals surface area contributed by atoms with E-state index in [4.69, 9.17) is 4.74 Å². The van der Waals surface area contributed by atoms with Gasteiger partial charge in [-0.1, -0.05) is 42.5 Å². The Balaban J connectivity index is 1.37. The topological polar surface area (TPSA) is 46.8 Å². The van der Waals surface area contributed by atoms with E-state index in [1.807, 2.05) is 30.5 Å². The highest BCUT2D eigenvalue weighted by Gasteiger charge is 2.53. The molecule has 6 rings (SSSR count). The van der Waals surface area contributed by atoms with Crippen LogP contribution in [-0.2, 0) is 6.54 Å². The number of hydrogen-bond donors (Lipinski definition) is 2. The number of nitrogens with one attached hydrogen (secondary N) is 1. The number of benzene rings is 3. The number of pyridine rings is 1. The molecular formula is C32H35N2O2+. The summed E-state index contributed by atoms with van der Waals surface area (Å²) in [5.41, 5.74) is 3.45. The van der Waals surface area contributed by atoms with Gasteiger partial charge >= 0.3 is 0 Å². The summed E-state index contributed by atoms with van der Waals surface area (Å²) in [6.07, 6.45) is 8.07. The Morgan fingerprint density at radius 1 is 1.11 bits per heavy atom. The number of fused-ring (bicyclic) bond motifs is 2. The zero-order valence-electron chi connectivity index (χ0n) is 21.0. The minimum absolute atomic E-state index is 0.102. The van der Waals surface area contributed by atoms with E-state index < -0.39 is 6.10 Å². The van der Waals surface area contributed by atoms with Crippen molar-refractivity contribution in [2.45, 2.75) is 44.4 Å². The number of aliphatic hydroxyl groups is 1. The molecule has 1 aliphatic carbocycles. The average Bonchev–Trinajstić information content (AvgIpc) is 2.92. The molecule has 1 spiro atoms. The Bertz CT molecular complexity index is 1420.